The summed E-state index contributed by atoms with van der Waals surface area (Å²) < 4.78 is 18.8. The first-order chi connectivity index (χ1) is 10.2. The molecular weight excluding hydrogens is 273 g/mol. The maximum atomic E-state index is 13.4. The lowest BCUT2D eigenvalue weighted by Gasteiger charge is -2.45. The Morgan fingerprint density at radius 2 is 1.95 bits per heavy atom. The number of carbonyl (C=O) groups is 1. The summed E-state index contributed by atoms with van der Waals surface area (Å²) in [6, 6.07) is 6.52. The molecule has 2 amide bonds. The molecule has 0 radical (unpaired) electrons. The molecule has 2 fully saturated rings. The first kappa shape index (κ1) is 14.3. The highest BCUT2D eigenvalue weighted by molar-refractivity contribution is 5.89. The molecular formula is C15H20FN3O2. The fourth-order valence-corrected chi connectivity index (χ4v) is 2.86. The number of nitrogens with one attached hydrogen (secondary N) is 2. The number of halogens is 1. The second kappa shape index (κ2) is 6.41. The van der Waals surface area contributed by atoms with Crippen LogP contribution in [0.5, 0.6) is 0 Å². The highest BCUT2D eigenvalue weighted by Crippen LogP contribution is 2.20. The number of anilines is 1. The number of ether oxygens (including phenoxy) is 1. The summed E-state index contributed by atoms with van der Waals surface area (Å²) >= 11 is 0. The summed E-state index contributed by atoms with van der Waals surface area (Å²) in [4.78, 5) is 14.2. The third-order valence-corrected chi connectivity index (χ3v) is 4.07. The second-order valence-electron chi connectivity index (χ2n) is 5.57. The van der Waals surface area contributed by atoms with Gasteiger partial charge in [-0.3, -0.25) is 4.90 Å². The molecule has 2 aliphatic heterocycles. The Morgan fingerprint density at radius 3 is 2.67 bits per heavy atom. The van der Waals surface area contributed by atoms with E-state index >= 15 is 0 Å². The van der Waals surface area contributed by atoms with E-state index in [1.54, 1.807) is 18.2 Å². The number of rotatable bonds is 3. The van der Waals surface area contributed by atoms with Crippen molar-refractivity contribution in [3.8, 4) is 0 Å². The number of hydrogen-bond acceptors (Lipinski definition) is 3. The SMILES string of the molecule is O=C(Nc1ccccc1F)NC1CN(C2CCOCC2)C1. The van der Waals surface area contributed by atoms with E-state index in [0.29, 0.717) is 6.04 Å². The Labute approximate surface area is 123 Å². The molecule has 0 saturated carbocycles. The van der Waals surface area contributed by atoms with Gasteiger partial charge in [0.25, 0.3) is 0 Å². The van der Waals surface area contributed by atoms with Crippen molar-refractivity contribution in [2.24, 2.45) is 0 Å². The first-order valence-electron chi connectivity index (χ1n) is 7.36. The van der Waals surface area contributed by atoms with Gasteiger partial charge in [-0.2, -0.15) is 0 Å². The quantitative estimate of drug-likeness (QED) is 0.893. The van der Waals surface area contributed by atoms with E-state index in [2.05, 4.69) is 15.5 Å². The second-order valence-corrected chi connectivity index (χ2v) is 5.57. The van der Waals surface area contributed by atoms with Gasteiger partial charge in [0, 0.05) is 32.3 Å². The monoisotopic (exact) mass is 293 g/mol. The third kappa shape index (κ3) is 3.51. The fourth-order valence-electron chi connectivity index (χ4n) is 2.86. The molecule has 114 valence electrons. The smallest absolute Gasteiger partial charge is 0.319 e. The Kier molecular flexibility index (Phi) is 4.36. The number of carbonyl (C=O) groups excluding carboxylic acids is 1. The Morgan fingerprint density at radius 1 is 1.24 bits per heavy atom. The molecule has 2 aliphatic rings. The molecule has 3 rings (SSSR count). The number of hydrogen-bond donors (Lipinski definition) is 2. The molecule has 2 heterocycles. The molecule has 1 aromatic carbocycles. The predicted octanol–water partition coefficient (Wildman–Crippen LogP) is 1.81. The zero-order valence-electron chi connectivity index (χ0n) is 11.8. The predicted molar refractivity (Wildman–Crippen MR) is 77.8 cm³/mol. The Hall–Kier alpha value is -1.66. The number of amides is 2. The van der Waals surface area contributed by atoms with Gasteiger partial charge in [-0.05, 0) is 25.0 Å². The molecule has 21 heavy (non-hydrogen) atoms. The van der Waals surface area contributed by atoms with Crippen LogP contribution < -0.4 is 10.6 Å². The van der Waals surface area contributed by atoms with Crippen molar-refractivity contribution < 1.29 is 13.9 Å². The lowest BCUT2D eigenvalue weighted by atomic mass is 10.00. The van der Waals surface area contributed by atoms with E-state index in [9.17, 15) is 9.18 Å². The Balaban J connectivity index is 1.42. The average Bonchev–Trinajstić information content (AvgIpc) is 2.46. The van der Waals surface area contributed by atoms with Crippen molar-refractivity contribution >= 4 is 11.7 Å². The van der Waals surface area contributed by atoms with Gasteiger partial charge in [0.2, 0.25) is 0 Å². The van der Waals surface area contributed by atoms with Gasteiger partial charge in [-0.25, -0.2) is 9.18 Å². The van der Waals surface area contributed by atoms with Gasteiger partial charge >= 0.3 is 6.03 Å². The molecule has 1 aromatic rings. The summed E-state index contributed by atoms with van der Waals surface area (Å²) in [5.41, 5.74) is 0.204. The zero-order chi connectivity index (χ0) is 14.7. The van der Waals surface area contributed by atoms with Gasteiger partial charge < -0.3 is 15.4 Å². The van der Waals surface area contributed by atoms with E-state index < -0.39 is 5.82 Å². The van der Waals surface area contributed by atoms with Crippen LogP contribution in [0.2, 0.25) is 0 Å². The van der Waals surface area contributed by atoms with Crippen molar-refractivity contribution in [2.45, 2.75) is 24.9 Å². The molecule has 0 aromatic heterocycles. The maximum Gasteiger partial charge on any atom is 0.319 e. The molecule has 0 unspecified atom stereocenters. The summed E-state index contributed by atoms with van der Waals surface area (Å²) in [7, 11) is 0. The molecule has 0 bridgehead atoms. The summed E-state index contributed by atoms with van der Waals surface area (Å²) in [6.07, 6.45) is 2.13. The third-order valence-electron chi connectivity index (χ3n) is 4.07. The van der Waals surface area contributed by atoms with Crippen molar-refractivity contribution in [3.63, 3.8) is 0 Å². The van der Waals surface area contributed by atoms with Crippen LogP contribution in [0, 0.1) is 5.82 Å². The molecule has 2 N–H and O–H groups in total. The van der Waals surface area contributed by atoms with E-state index in [-0.39, 0.29) is 17.8 Å². The van der Waals surface area contributed by atoms with Crippen molar-refractivity contribution in [3.05, 3.63) is 30.1 Å². The van der Waals surface area contributed by atoms with Crippen LogP contribution in [0.4, 0.5) is 14.9 Å². The number of likely N-dealkylation sites (tertiary alicyclic amines) is 1. The van der Waals surface area contributed by atoms with Crippen LogP contribution >= 0.6 is 0 Å². The van der Waals surface area contributed by atoms with Gasteiger partial charge in [0.1, 0.15) is 5.82 Å². The zero-order valence-corrected chi connectivity index (χ0v) is 11.8. The van der Waals surface area contributed by atoms with Crippen LogP contribution in [0.15, 0.2) is 24.3 Å². The van der Waals surface area contributed by atoms with Gasteiger partial charge in [0.15, 0.2) is 0 Å². The summed E-state index contributed by atoms with van der Waals surface area (Å²) in [6.45, 7) is 3.37. The van der Waals surface area contributed by atoms with Crippen molar-refractivity contribution in [1.82, 2.24) is 10.2 Å². The lowest BCUT2D eigenvalue weighted by Crippen LogP contribution is -2.63. The van der Waals surface area contributed by atoms with Gasteiger partial charge in [-0.15, -0.1) is 0 Å². The fraction of sp³-hybridized carbons (Fsp3) is 0.533. The standard InChI is InChI=1S/C15H20FN3O2/c16-13-3-1-2-4-14(13)18-15(20)17-11-9-19(10-11)12-5-7-21-8-6-12/h1-4,11-12H,5-10H2,(H2,17,18,20). The average molecular weight is 293 g/mol. The topological polar surface area (TPSA) is 53.6 Å². The van der Waals surface area contributed by atoms with Crippen molar-refractivity contribution in [2.75, 3.05) is 31.6 Å². The van der Waals surface area contributed by atoms with E-state index in [0.717, 1.165) is 39.1 Å². The number of urea groups is 1. The number of nitrogens with zero attached hydrogens (tertiary/aromatic N) is 1. The normalized spacial score (nSPS) is 20.8. The van der Waals surface area contributed by atoms with Crippen LogP contribution in [0.1, 0.15) is 12.8 Å². The molecule has 2 saturated heterocycles. The van der Waals surface area contributed by atoms with Crippen LogP contribution in [0.25, 0.3) is 0 Å². The molecule has 0 aliphatic carbocycles. The van der Waals surface area contributed by atoms with E-state index in [4.69, 9.17) is 4.74 Å². The number of para-hydroxylation sites is 1. The minimum atomic E-state index is -0.426. The van der Waals surface area contributed by atoms with E-state index in [1.807, 2.05) is 0 Å². The highest BCUT2D eigenvalue weighted by atomic mass is 19.1. The van der Waals surface area contributed by atoms with Crippen molar-refractivity contribution in [1.29, 1.82) is 0 Å². The molecule has 0 atom stereocenters. The number of benzene rings is 1. The van der Waals surface area contributed by atoms with Gasteiger partial charge in [0.05, 0.1) is 11.7 Å². The summed E-state index contributed by atoms with van der Waals surface area (Å²) in [5.74, 6) is -0.426. The molecule has 5 nitrogen and oxygen atoms in total. The Bertz CT molecular complexity index is 499. The highest BCUT2D eigenvalue weighted by Gasteiger charge is 2.33. The lowest BCUT2D eigenvalue weighted by molar-refractivity contribution is -0.00122. The summed E-state index contributed by atoms with van der Waals surface area (Å²) in [5, 5.41) is 5.41. The minimum absolute atomic E-state index is 0.139. The van der Waals surface area contributed by atoms with Gasteiger partial charge in [-0.1, -0.05) is 12.1 Å². The van der Waals surface area contributed by atoms with Crippen LogP contribution in [0.3, 0.4) is 0 Å². The molecule has 6 heteroatoms. The first-order valence-corrected chi connectivity index (χ1v) is 7.36. The molecule has 0 spiro atoms. The largest absolute Gasteiger partial charge is 0.381 e. The van der Waals surface area contributed by atoms with Crippen LogP contribution in [-0.4, -0.2) is 49.3 Å². The van der Waals surface area contributed by atoms with Crippen LogP contribution in [-0.2, 0) is 4.74 Å². The maximum absolute atomic E-state index is 13.4. The van der Waals surface area contributed by atoms with E-state index in [1.165, 1.54) is 6.07 Å². The minimum Gasteiger partial charge on any atom is -0.381 e.